The van der Waals surface area contributed by atoms with E-state index in [1.165, 1.54) is 33.5 Å². The van der Waals surface area contributed by atoms with Crippen molar-refractivity contribution in [3.8, 4) is 0 Å². The zero-order valence-electron chi connectivity index (χ0n) is 20.9. The lowest BCUT2D eigenvalue weighted by Crippen LogP contribution is -2.49. The normalized spacial score (nSPS) is 37.3. The molecule has 5 aliphatic rings. The Bertz CT molecular complexity index is 1100. The van der Waals surface area contributed by atoms with Crippen LogP contribution in [0.25, 0.3) is 0 Å². The van der Waals surface area contributed by atoms with Crippen molar-refractivity contribution < 1.29 is 14.3 Å². The van der Waals surface area contributed by atoms with Crippen molar-refractivity contribution in [1.29, 1.82) is 0 Å². The van der Waals surface area contributed by atoms with Crippen molar-refractivity contribution in [1.82, 2.24) is 0 Å². The third-order valence-electron chi connectivity index (χ3n) is 9.72. The standard InChI is InChI=1S/C30H37NO3/c1-19-14-16-34-30(19)15-13-26-25-11-7-21-17-23(32)10-12-24(21)27(25)28(33-18-29(26,30)2)20-5-8-22(9-6-20)31(3)4/h5-6,8-9,17,25-26,28H,1,7,10-16,18H2,2-4H3/t25?,26?,28-,29+,30-/m1/s1. The second kappa shape index (κ2) is 7.93. The minimum atomic E-state index is -0.254. The van der Waals surface area contributed by atoms with Crippen LogP contribution in [0.4, 0.5) is 5.69 Å². The molecule has 2 aliphatic heterocycles. The number of ether oxygens (including phenoxy) is 2. The summed E-state index contributed by atoms with van der Waals surface area (Å²) in [5.41, 5.74) is 7.47. The molecule has 0 bridgehead atoms. The van der Waals surface area contributed by atoms with Gasteiger partial charge in [-0.05, 0) is 96.4 Å². The molecule has 6 rings (SSSR count). The molecule has 0 amide bonds. The topological polar surface area (TPSA) is 38.8 Å². The Labute approximate surface area is 203 Å². The highest BCUT2D eigenvalue weighted by Gasteiger charge is 2.64. The minimum absolute atomic E-state index is 0.0674. The van der Waals surface area contributed by atoms with E-state index in [1.54, 1.807) is 0 Å². The van der Waals surface area contributed by atoms with Crippen LogP contribution in [0, 0.1) is 17.3 Å². The van der Waals surface area contributed by atoms with E-state index in [0.29, 0.717) is 24.9 Å². The van der Waals surface area contributed by atoms with Gasteiger partial charge in [0.2, 0.25) is 0 Å². The molecule has 1 aromatic carbocycles. The summed E-state index contributed by atoms with van der Waals surface area (Å²) >= 11 is 0. The molecule has 2 heterocycles. The number of ketones is 1. The maximum Gasteiger partial charge on any atom is 0.156 e. The summed E-state index contributed by atoms with van der Waals surface area (Å²) in [7, 11) is 4.15. The number of hydrogen-bond donors (Lipinski definition) is 0. The molecule has 180 valence electrons. The van der Waals surface area contributed by atoms with Crippen LogP contribution in [0.15, 0.2) is 59.2 Å². The summed E-state index contributed by atoms with van der Waals surface area (Å²) < 4.78 is 13.5. The maximum absolute atomic E-state index is 12.3. The molecule has 3 fully saturated rings. The largest absolute Gasteiger partial charge is 0.378 e. The van der Waals surface area contributed by atoms with Gasteiger partial charge >= 0.3 is 0 Å². The van der Waals surface area contributed by atoms with Gasteiger partial charge in [-0.25, -0.2) is 0 Å². The summed E-state index contributed by atoms with van der Waals surface area (Å²) in [5.74, 6) is 1.25. The first-order chi connectivity index (χ1) is 16.3. The van der Waals surface area contributed by atoms with E-state index < -0.39 is 0 Å². The molecule has 1 spiro atoms. The number of hydrogen-bond acceptors (Lipinski definition) is 4. The predicted octanol–water partition coefficient (Wildman–Crippen LogP) is 5.95. The Balaban J connectivity index is 1.50. The molecule has 2 saturated heterocycles. The lowest BCUT2D eigenvalue weighted by molar-refractivity contribution is -0.114. The predicted molar refractivity (Wildman–Crippen MR) is 135 cm³/mol. The smallest absolute Gasteiger partial charge is 0.156 e. The lowest BCUT2D eigenvalue weighted by atomic mass is 9.61. The van der Waals surface area contributed by atoms with Crippen LogP contribution >= 0.6 is 0 Å². The van der Waals surface area contributed by atoms with Crippen LogP contribution in [0.3, 0.4) is 0 Å². The SMILES string of the molecule is C=C1CCO[C@]12CCC1C3CCC4=CC(=O)CCC4=C3[C@@H](c3ccc(N(C)C)cc3)OC[C@@]12C. The monoisotopic (exact) mass is 459 g/mol. The quantitative estimate of drug-likeness (QED) is 0.512. The fraction of sp³-hybridized carbons (Fsp3) is 0.567. The van der Waals surface area contributed by atoms with Crippen molar-refractivity contribution in [3.63, 3.8) is 0 Å². The van der Waals surface area contributed by atoms with Gasteiger partial charge in [-0.3, -0.25) is 4.79 Å². The molecule has 2 unspecified atom stereocenters. The number of carbonyl (C=O) groups is 1. The van der Waals surface area contributed by atoms with Crippen molar-refractivity contribution >= 4 is 11.5 Å². The summed E-state index contributed by atoms with van der Waals surface area (Å²) in [6, 6.07) is 8.86. The molecule has 34 heavy (non-hydrogen) atoms. The van der Waals surface area contributed by atoms with Crippen LogP contribution in [-0.2, 0) is 14.3 Å². The zero-order chi connectivity index (χ0) is 23.7. The average molecular weight is 460 g/mol. The molecular weight excluding hydrogens is 422 g/mol. The van der Waals surface area contributed by atoms with E-state index in [1.807, 2.05) is 6.08 Å². The van der Waals surface area contributed by atoms with E-state index in [0.717, 1.165) is 45.1 Å². The first kappa shape index (κ1) is 22.3. The van der Waals surface area contributed by atoms with Gasteiger partial charge < -0.3 is 14.4 Å². The van der Waals surface area contributed by atoms with Gasteiger partial charge in [0.1, 0.15) is 6.10 Å². The van der Waals surface area contributed by atoms with Gasteiger partial charge in [0, 0.05) is 31.6 Å². The molecule has 3 aliphatic carbocycles. The summed E-state index contributed by atoms with van der Waals surface area (Å²) in [5, 5.41) is 0. The van der Waals surface area contributed by atoms with E-state index in [9.17, 15) is 4.79 Å². The maximum atomic E-state index is 12.3. The van der Waals surface area contributed by atoms with Gasteiger partial charge in [-0.1, -0.05) is 25.6 Å². The van der Waals surface area contributed by atoms with Crippen molar-refractivity contribution in [3.05, 3.63) is 64.8 Å². The van der Waals surface area contributed by atoms with Gasteiger partial charge in [0.25, 0.3) is 0 Å². The Morgan fingerprint density at radius 2 is 1.85 bits per heavy atom. The summed E-state index contributed by atoms with van der Waals surface area (Å²) in [4.78, 5) is 14.4. The summed E-state index contributed by atoms with van der Waals surface area (Å²) in [6.07, 6.45) is 8.60. The Morgan fingerprint density at radius 3 is 2.56 bits per heavy atom. The Hall–Kier alpha value is -2.17. The average Bonchev–Trinajstić information content (AvgIpc) is 3.30. The molecule has 0 N–H and O–H groups in total. The molecule has 0 radical (unpaired) electrons. The second-order valence-corrected chi connectivity index (χ2v) is 11.5. The highest BCUT2D eigenvalue weighted by molar-refractivity contribution is 5.93. The van der Waals surface area contributed by atoms with Crippen LogP contribution in [0.5, 0.6) is 0 Å². The molecule has 4 heteroatoms. The molecule has 1 saturated carbocycles. The molecule has 5 atom stereocenters. The van der Waals surface area contributed by atoms with Crippen LogP contribution in [0.2, 0.25) is 0 Å². The highest BCUT2D eigenvalue weighted by atomic mass is 16.5. The van der Waals surface area contributed by atoms with Crippen molar-refractivity contribution in [2.24, 2.45) is 17.3 Å². The molecule has 4 nitrogen and oxygen atoms in total. The number of carbonyl (C=O) groups excluding carboxylic acids is 1. The van der Waals surface area contributed by atoms with Crippen molar-refractivity contribution in [2.75, 3.05) is 32.2 Å². The third kappa shape index (κ3) is 3.07. The molecule has 0 aromatic heterocycles. The number of allylic oxidation sites excluding steroid dienone is 3. The number of rotatable bonds is 2. The number of anilines is 1. The van der Waals surface area contributed by atoms with E-state index in [4.69, 9.17) is 9.47 Å². The van der Waals surface area contributed by atoms with Gasteiger partial charge in [0.15, 0.2) is 5.78 Å². The number of nitrogens with zero attached hydrogens (tertiary/aromatic N) is 1. The van der Waals surface area contributed by atoms with Gasteiger partial charge in [-0.2, -0.15) is 0 Å². The Kier molecular flexibility index (Phi) is 5.20. The summed E-state index contributed by atoms with van der Waals surface area (Å²) in [6.45, 7) is 8.37. The van der Waals surface area contributed by atoms with Crippen LogP contribution < -0.4 is 4.90 Å². The van der Waals surface area contributed by atoms with Crippen molar-refractivity contribution in [2.45, 2.75) is 63.6 Å². The van der Waals surface area contributed by atoms with Crippen LogP contribution in [0.1, 0.15) is 63.5 Å². The third-order valence-corrected chi connectivity index (χ3v) is 9.72. The van der Waals surface area contributed by atoms with E-state index in [2.05, 4.69) is 56.8 Å². The number of benzene rings is 1. The fourth-order valence-corrected chi connectivity index (χ4v) is 7.95. The fourth-order valence-electron chi connectivity index (χ4n) is 7.95. The van der Waals surface area contributed by atoms with E-state index >= 15 is 0 Å². The molecular formula is C30H37NO3. The minimum Gasteiger partial charge on any atom is -0.378 e. The lowest BCUT2D eigenvalue weighted by Gasteiger charge is -2.45. The first-order valence-electron chi connectivity index (χ1n) is 13.0. The highest BCUT2D eigenvalue weighted by Crippen LogP contribution is 2.65. The van der Waals surface area contributed by atoms with Gasteiger partial charge in [0.05, 0.1) is 18.8 Å². The zero-order valence-corrected chi connectivity index (χ0v) is 20.9. The first-order valence-corrected chi connectivity index (χ1v) is 13.0. The number of fused-ring (bicyclic) bond motifs is 5. The second-order valence-electron chi connectivity index (χ2n) is 11.5. The van der Waals surface area contributed by atoms with Gasteiger partial charge in [-0.15, -0.1) is 0 Å². The van der Waals surface area contributed by atoms with Crippen LogP contribution in [-0.4, -0.2) is 38.7 Å². The van der Waals surface area contributed by atoms with E-state index in [-0.39, 0.29) is 22.9 Å². The molecule has 1 aromatic rings. The Morgan fingerprint density at radius 1 is 1.06 bits per heavy atom.